The fourth-order valence-corrected chi connectivity index (χ4v) is 3.34. The van der Waals surface area contributed by atoms with Gasteiger partial charge in [-0.1, -0.05) is 24.3 Å². The number of ether oxygens (including phenoxy) is 1. The Morgan fingerprint density at radius 2 is 1.97 bits per heavy atom. The van der Waals surface area contributed by atoms with Crippen molar-refractivity contribution in [3.8, 4) is 5.75 Å². The molecule has 32 heavy (non-hydrogen) atoms. The maximum Gasteiger partial charge on any atom is 0.218 e. The lowest BCUT2D eigenvalue weighted by Gasteiger charge is -2.06. The topological polar surface area (TPSA) is 53.1 Å². The third-order valence-corrected chi connectivity index (χ3v) is 5.10. The van der Waals surface area contributed by atoms with Gasteiger partial charge < -0.3 is 9.15 Å². The molecule has 0 aliphatic rings. The molecule has 4 aromatic rings. The molecule has 0 bridgehead atoms. The second kappa shape index (κ2) is 10.6. The molecule has 0 unspecified atom stereocenters. The molecule has 5 nitrogen and oxygen atoms in total. The Balaban J connectivity index is 1.22. The van der Waals surface area contributed by atoms with Crippen molar-refractivity contribution in [2.75, 3.05) is 0 Å². The third kappa shape index (κ3) is 6.17. The van der Waals surface area contributed by atoms with Gasteiger partial charge in [-0.15, -0.1) is 0 Å². The zero-order valence-corrected chi connectivity index (χ0v) is 18.1. The molecular formula is C26H26FN3O2. The van der Waals surface area contributed by atoms with Crippen LogP contribution in [0.4, 0.5) is 4.39 Å². The van der Waals surface area contributed by atoms with Crippen molar-refractivity contribution in [3.05, 3.63) is 101 Å². The quantitative estimate of drug-likeness (QED) is 0.285. The number of unbranched alkanes of at least 4 members (excludes halogenated alkanes) is 1. The summed E-state index contributed by atoms with van der Waals surface area (Å²) in [5.74, 6) is 0.930. The second-order valence-electron chi connectivity index (χ2n) is 7.69. The van der Waals surface area contributed by atoms with E-state index in [0.29, 0.717) is 23.8 Å². The molecule has 0 saturated carbocycles. The van der Waals surface area contributed by atoms with E-state index < -0.39 is 0 Å². The largest absolute Gasteiger partial charge is 0.487 e. The molecule has 4 rings (SSSR count). The normalized spacial score (nSPS) is 11.3. The average molecular weight is 432 g/mol. The highest BCUT2D eigenvalue weighted by Crippen LogP contribution is 2.17. The van der Waals surface area contributed by atoms with Crippen molar-refractivity contribution in [2.45, 2.75) is 39.3 Å². The van der Waals surface area contributed by atoms with Crippen LogP contribution in [0.25, 0.3) is 12.2 Å². The predicted molar refractivity (Wildman–Crippen MR) is 123 cm³/mol. The van der Waals surface area contributed by atoms with Crippen LogP contribution in [0.2, 0.25) is 0 Å². The molecule has 0 aliphatic heterocycles. The minimum absolute atomic E-state index is 0.266. The van der Waals surface area contributed by atoms with Crippen LogP contribution in [0.15, 0.2) is 71.6 Å². The summed E-state index contributed by atoms with van der Waals surface area (Å²) < 4.78 is 27.1. The molecule has 2 heterocycles. The van der Waals surface area contributed by atoms with Crippen LogP contribution < -0.4 is 4.74 Å². The number of hydrogen-bond donors (Lipinski definition) is 0. The van der Waals surface area contributed by atoms with Crippen LogP contribution in [-0.4, -0.2) is 14.8 Å². The lowest BCUT2D eigenvalue weighted by atomic mass is 10.1. The number of aromatic nitrogens is 3. The molecule has 2 aromatic heterocycles. The van der Waals surface area contributed by atoms with Gasteiger partial charge in [0.1, 0.15) is 30.1 Å². The Hall–Kier alpha value is -3.67. The van der Waals surface area contributed by atoms with Gasteiger partial charge in [0, 0.05) is 30.6 Å². The maximum absolute atomic E-state index is 13.9. The highest BCUT2D eigenvalue weighted by atomic mass is 19.1. The van der Waals surface area contributed by atoms with Crippen LogP contribution in [0, 0.1) is 12.7 Å². The Kier molecular flexibility index (Phi) is 7.12. The smallest absolute Gasteiger partial charge is 0.218 e. The predicted octanol–water partition coefficient (Wildman–Crippen LogP) is 6.09. The van der Waals surface area contributed by atoms with Crippen LogP contribution in [0.3, 0.4) is 0 Å². The first kappa shape index (κ1) is 21.6. The first-order valence-electron chi connectivity index (χ1n) is 10.7. The summed E-state index contributed by atoms with van der Waals surface area (Å²) in [5.41, 5.74) is 3.34. The Morgan fingerprint density at radius 3 is 2.75 bits per heavy atom. The fraction of sp³-hybridized carbons (Fsp3) is 0.231. The van der Waals surface area contributed by atoms with E-state index in [2.05, 4.69) is 22.2 Å². The van der Waals surface area contributed by atoms with Gasteiger partial charge in [0.2, 0.25) is 5.89 Å². The highest BCUT2D eigenvalue weighted by molar-refractivity contribution is 5.66. The van der Waals surface area contributed by atoms with Crippen molar-refractivity contribution in [3.63, 3.8) is 0 Å². The van der Waals surface area contributed by atoms with E-state index in [4.69, 9.17) is 9.15 Å². The monoisotopic (exact) mass is 431 g/mol. The summed E-state index contributed by atoms with van der Waals surface area (Å²) in [6.45, 7) is 3.11. The first-order valence-corrected chi connectivity index (χ1v) is 10.7. The van der Waals surface area contributed by atoms with Gasteiger partial charge in [0.15, 0.2) is 0 Å². The van der Waals surface area contributed by atoms with Crippen molar-refractivity contribution < 1.29 is 13.5 Å². The molecule has 0 fully saturated rings. The van der Waals surface area contributed by atoms with E-state index in [1.807, 2.05) is 48.3 Å². The Morgan fingerprint density at radius 1 is 1.09 bits per heavy atom. The number of benzene rings is 2. The van der Waals surface area contributed by atoms with E-state index in [-0.39, 0.29) is 5.82 Å². The zero-order chi connectivity index (χ0) is 22.2. The second-order valence-corrected chi connectivity index (χ2v) is 7.69. The van der Waals surface area contributed by atoms with E-state index in [0.717, 1.165) is 37.1 Å². The molecule has 0 saturated heterocycles. The number of rotatable bonds is 10. The molecule has 164 valence electrons. The molecular weight excluding hydrogens is 405 g/mol. The zero-order valence-electron chi connectivity index (χ0n) is 18.1. The van der Waals surface area contributed by atoms with Gasteiger partial charge in [-0.2, -0.15) is 5.10 Å². The molecule has 2 aromatic carbocycles. The molecule has 0 aliphatic carbocycles. The molecule has 0 atom stereocenters. The number of aryl methyl sites for hydroxylation is 3. The van der Waals surface area contributed by atoms with Crippen LogP contribution in [-0.2, 0) is 19.6 Å². The Labute approximate surface area is 187 Å². The average Bonchev–Trinajstić information content (AvgIpc) is 3.48. The summed E-state index contributed by atoms with van der Waals surface area (Å²) in [6.07, 6.45) is 11.9. The van der Waals surface area contributed by atoms with Crippen LogP contribution >= 0.6 is 0 Å². The third-order valence-electron chi connectivity index (χ3n) is 5.10. The van der Waals surface area contributed by atoms with Gasteiger partial charge in [-0.25, -0.2) is 9.37 Å². The summed E-state index contributed by atoms with van der Waals surface area (Å²) in [4.78, 5) is 4.37. The van der Waals surface area contributed by atoms with Gasteiger partial charge in [0.25, 0.3) is 0 Å². The standard InChI is InChI=1S/C26H26FN3O2/c1-20-6-9-22(25(27)17-20)10-13-26-29-23(19-32-26)18-31-24-11-7-21(8-12-24)5-2-3-15-30-16-4-14-28-30/h4,6-14,16-17,19H,2-3,5,15,18H2,1H3/b13-10+. The number of nitrogens with zero attached hydrogens (tertiary/aromatic N) is 3. The first-order chi connectivity index (χ1) is 15.7. The molecule has 6 heteroatoms. The van der Waals surface area contributed by atoms with E-state index in [1.165, 1.54) is 11.6 Å². The van der Waals surface area contributed by atoms with E-state index in [9.17, 15) is 4.39 Å². The van der Waals surface area contributed by atoms with Crippen LogP contribution in [0.5, 0.6) is 5.75 Å². The molecule has 0 spiro atoms. The van der Waals surface area contributed by atoms with Crippen LogP contribution in [0.1, 0.15) is 41.1 Å². The van der Waals surface area contributed by atoms with E-state index >= 15 is 0 Å². The Bertz CT molecular complexity index is 1150. The number of halogens is 1. The van der Waals surface area contributed by atoms with Crippen molar-refractivity contribution in [1.29, 1.82) is 0 Å². The van der Waals surface area contributed by atoms with Crippen molar-refractivity contribution in [2.24, 2.45) is 0 Å². The summed E-state index contributed by atoms with van der Waals surface area (Å²) >= 11 is 0. The lowest BCUT2D eigenvalue weighted by molar-refractivity contribution is 0.301. The number of hydrogen-bond acceptors (Lipinski definition) is 4. The summed E-state index contributed by atoms with van der Waals surface area (Å²) in [7, 11) is 0. The fourth-order valence-electron chi connectivity index (χ4n) is 3.34. The van der Waals surface area contributed by atoms with Crippen molar-refractivity contribution in [1.82, 2.24) is 14.8 Å². The van der Waals surface area contributed by atoms with E-state index in [1.54, 1.807) is 24.5 Å². The lowest BCUT2D eigenvalue weighted by Crippen LogP contribution is -1.99. The van der Waals surface area contributed by atoms with Gasteiger partial charge in [-0.3, -0.25) is 4.68 Å². The highest BCUT2D eigenvalue weighted by Gasteiger charge is 2.04. The number of oxazole rings is 1. The minimum atomic E-state index is -0.266. The molecule has 0 N–H and O–H groups in total. The summed E-state index contributed by atoms with van der Waals surface area (Å²) in [5, 5.41) is 4.22. The summed E-state index contributed by atoms with van der Waals surface area (Å²) in [6, 6.07) is 15.2. The maximum atomic E-state index is 13.9. The molecule has 0 radical (unpaired) electrons. The van der Waals surface area contributed by atoms with Gasteiger partial charge in [-0.05, 0) is 67.7 Å². The molecule has 0 amide bonds. The van der Waals surface area contributed by atoms with Gasteiger partial charge in [0.05, 0.1) is 0 Å². The van der Waals surface area contributed by atoms with Gasteiger partial charge >= 0.3 is 0 Å². The van der Waals surface area contributed by atoms with Crippen molar-refractivity contribution >= 4 is 12.2 Å². The SMILES string of the molecule is Cc1ccc(/C=C/c2nc(COc3ccc(CCCCn4cccn4)cc3)co2)c(F)c1. The minimum Gasteiger partial charge on any atom is -0.487 e.